The molecule has 1 atom stereocenters. The summed E-state index contributed by atoms with van der Waals surface area (Å²) in [6.45, 7) is 1.53. The molecule has 1 unspecified atom stereocenters. The number of aromatic nitrogens is 3. The van der Waals surface area contributed by atoms with Crippen LogP contribution >= 0.6 is 27.5 Å². The molecule has 0 bridgehead atoms. The van der Waals surface area contributed by atoms with Gasteiger partial charge in [-0.15, -0.1) is 0 Å². The van der Waals surface area contributed by atoms with Crippen molar-refractivity contribution in [2.24, 2.45) is 0 Å². The first-order chi connectivity index (χ1) is 7.75. The maximum Gasteiger partial charge on any atom is 0.171 e. The fourth-order valence-electron chi connectivity index (χ4n) is 1.89. The highest BCUT2D eigenvalue weighted by Crippen LogP contribution is 2.28. The van der Waals surface area contributed by atoms with Crippen molar-refractivity contribution in [3.63, 3.8) is 0 Å². The van der Waals surface area contributed by atoms with Crippen LogP contribution in [0.25, 0.3) is 5.65 Å². The summed E-state index contributed by atoms with van der Waals surface area (Å²) in [5.41, 5.74) is 1.74. The number of halogens is 2. The van der Waals surface area contributed by atoms with Gasteiger partial charge in [-0.1, -0.05) is 11.6 Å². The predicted octanol–water partition coefficient (Wildman–Crippen LogP) is 2.65. The first-order valence-corrected chi connectivity index (χ1v) is 6.20. The molecule has 1 aliphatic rings. The second kappa shape index (κ2) is 3.98. The molecule has 6 heteroatoms. The molecule has 1 fully saturated rings. The minimum Gasteiger partial charge on any atom is -0.381 e. The van der Waals surface area contributed by atoms with Crippen LogP contribution in [-0.2, 0) is 4.74 Å². The van der Waals surface area contributed by atoms with Crippen LogP contribution in [0.2, 0.25) is 5.15 Å². The van der Waals surface area contributed by atoms with Crippen LogP contribution in [0.4, 0.5) is 0 Å². The van der Waals surface area contributed by atoms with Gasteiger partial charge in [-0.05, 0) is 28.4 Å². The molecule has 1 aliphatic heterocycles. The Morgan fingerprint density at radius 1 is 1.56 bits per heavy atom. The number of rotatable bonds is 1. The van der Waals surface area contributed by atoms with E-state index in [1.54, 1.807) is 10.7 Å². The van der Waals surface area contributed by atoms with Crippen molar-refractivity contribution < 1.29 is 4.74 Å². The molecule has 0 amide bonds. The van der Waals surface area contributed by atoms with E-state index in [1.807, 2.05) is 6.07 Å². The Kier molecular flexibility index (Phi) is 2.61. The highest BCUT2D eigenvalue weighted by Gasteiger charge is 2.21. The predicted molar refractivity (Wildman–Crippen MR) is 63.9 cm³/mol. The van der Waals surface area contributed by atoms with E-state index in [9.17, 15) is 0 Å². The summed E-state index contributed by atoms with van der Waals surface area (Å²) < 4.78 is 7.83. The van der Waals surface area contributed by atoms with Crippen LogP contribution in [0.3, 0.4) is 0 Å². The van der Waals surface area contributed by atoms with Crippen molar-refractivity contribution in [3.05, 3.63) is 27.6 Å². The highest BCUT2D eigenvalue weighted by atomic mass is 79.9. The Balaban J connectivity index is 2.15. The molecule has 0 aromatic carbocycles. The third kappa shape index (κ3) is 1.63. The van der Waals surface area contributed by atoms with Crippen LogP contribution in [0.1, 0.15) is 18.0 Å². The van der Waals surface area contributed by atoms with Crippen molar-refractivity contribution >= 4 is 33.2 Å². The van der Waals surface area contributed by atoms with Gasteiger partial charge in [0.2, 0.25) is 0 Å². The minimum atomic E-state index is 0.351. The zero-order valence-corrected chi connectivity index (χ0v) is 10.7. The third-order valence-corrected chi connectivity index (χ3v) is 3.58. The van der Waals surface area contributed by atoms with E-state index >= 15 is 0 Å². The van der Waals surface area contributed by atoms with E-state index in [4.69, 9.17) is 16.3 Å². The van der Waals surface area contributed by atoms with Crippen molar-refractivity contribution in [1.82, 2.24) is 14.6 Å². The molecule has 84 valence electrons. The maximum absolute atomic E-state index is 6.15. The Bertz CT molecular complexity index is 536. The number of hydrogen-bond acceptors (Lipinski definition) is 3. The molecule has 0 saturated carbocycles. The van der Waals surface area contributed by atoms with E-state index < -0.39 is 0 Å². The smallest absolute Gasteiger partial charge is 0.171 e. The molecule has 0 N–H and O–H groups in total. The highest BCUT2D eigenvalue weighted by molar-refractivity contribution is 9.10. The van der Waals surface area contributed by atoms with Gasteiger partial charge in [0, 0.05) is 12.5 Å². The van der Waals surface area contributed by atoms with Gasteiger partial charge in [0.15, 0.2) is 5.65 Å². The standard InChI is InChI=1S/C10H9BrClN3O/c11-7-4-13-15-9(12)3-8(14-10(7)15)6-1-2-16-5-6/h3-4,6H,1-2,5H2. The van der Waals surface area contributed by atoms with E-state index in [0.717, 1.165) is 35.4 Å². The first kappa shape index (κ1) is 10.5. The zero-order valence-electron chi connectivity index (χ0n) is 8.36. The number of ether oxygens (including phenoxy) is 1. The summed E-state index contributed by atoms with van der Waals surface area (Å²) in [5, 5.41) is 4.71. The molecular weight excluding hydrogens is 293 g/mol. The Labute approximate surface area is 106 Å². The molecule has 0 spiro atoms. The Hall–Kier alpha value is -0.650. The molecule has 4 nitrogen and oxygen atoms in total. The monoisotopic (exact) mass is 301 g/mol. The molecule has 2 aromatic heterocycles. The summed E-state index contributed by atoms with van der Waals surface area (Å²) in [6.07, 6.45) is 2.70. The molecule has 0 aliphatic carbocycles. The number of nitrogens with zero attached hydrogens (tertiary/aromatic N) is 3. The van der Waals surface area contributed by atoms with Crippen molar-refractivity contribution in [3.8, 4) is 0 Å². The summed E-state index contributed by atoms with van der Waals surface area (Å²) in [4.78, 5) is 4.57. The average Bonchev–Trinajstić information content (AvgIpc) is 2.88. The van der Waals surface area contributed by atoms with Gasteiger partial charge in [0.1, 0.15) is 5.15 Å². The van der Waals surface area contributed by atoms with E-state index in [2.05, 4.69) is 26.0 Å². The van der Waals surface area contributed by atoms with Crippen LogP contribution in [-0.4, -0.2) is 27.8 Å². The van der Waals surface area contributed by atoms with Crippen LogP contribution in [0.15, 0.2) is 16.7 Å². The Morgan fingerprint density at radius 3 is 3.19 bits per heavy atom. The Morgan fingerprint density at radius 2 is 2.44 bits per heavy atom. The second-order valence-corrected chi connectivity index (χ2v) is 5.03. The fraction of sp³-hybridized carbons (Fsp3) is 0.400. The number of hydrogen-bond donors (Lipinski definition) is 0. The van der Waals surface area contributed by atoms with Crippen molar-refractivity contribution in [2.45, 2.75) is 12.3 Å². The summed E-state index contributed by atoms with van der Waals surface area (Å²) >= 11 is 9.56. The van der Waals surface area contributed by atoms with Gasteiger partial charge in [-0.3, -0.25) is 0 Å². The average molecular weight is 303 g/mol. The molecule has 2 aromatic rings. The summed E-state index contributed by atoms with van der Waals surface area (Å²) in [7, 11) is 0. The van der Waals surface area contributed by atoms with Gasteiger partial charge in [-0.25, -0.2) is 9.50 Å². The fourth-order valence-corrected chi connectivity index (χ4v) is 2.48. The second-order valence-electron chi connectivity index (χ2n) is 3.79. The van der Waals surface area contributed by atoms with Crippen LogP contribution in [0.5, 0.6) is 0 Å². The van der Waals surface area contributed by atoms with Gasteiger partial charge < -0.3 is 4.74 Å². The topological polar surface area (TPSA) is 39.4 Å². The van der Waals surface area contributed by atoms with Gasteiger partial charge >= 0.3 is 0 Å². The lowest BCUT2D eigenvalue weighted by Gasteiger charge is -2.08. The minimum absolute atomic E-state index is 0.351. The van der Waals surface area contributed by atoms with Crippen molar-refractivity contribution in [2.75, 3.05) is 13.2 Å². The van der Waals surface area contributed by atoms with Crippen molar-refractivity contribution in [1.29, 1.82) is 0 Å². The zero-order chi connectivity index (χ0) is 11.1. The van der Waals surface area contributed by atoms with Crippen LogP contribution < -0.4 is 0 Å². The molecule has 16 heavy (non-hydrogen) atoms. The maximum atomic E-state index is 6.15. The number of fused-ring (bicyclic) bond motifs is 1. The lowest BCUT2D eigenvalue weighted by atomic mass is 10.1. The normalized spacial score (nSPS) is 20.8. The third-order valence-electron chi connectivity index (χ3n) is 2.75. The molecule has 1 saturated heterocycles. The van der Waals surface area contributed by atoms with E-state index in [1.165, 1.54) is 0 Å². The largest absolute Gasteiger partial charge is 0.381 e. The van der Waals surface area contributed by atoms with Crippen LogP contribution in [0, 0.1) is 0 Å². The quantitative estimate of drug-likeness (QED) is 0.760. The first-order valence-electron chi connectivity index (χ1n) is 5.03. The molecule has 3 heterocycles. The van der Waals surface area contributed by atoms with Gasteiger partial charge in [0.25, 0.3) is 0 Å². The van der Waals surface area contributed by atoms with Gasteiger partial charge in [0.05, 0.1) is 23.0 Å². The van der Waals surface area contributed by atoms with Gasteiger partial charge in [-0.2, -0.15) is 5.10 Å². The molecule has 3 rings (SSSR count). The SMILES string of the molecule is Clc1cc(C2CCOC2)nc2c(Br)cnn12. The molecule has 0 radical (unpaired) electrons. The van der Waals surface area contributed by atoms with E-state index in [-0.39, 0.29) is 0 Å². The van der Waals surface area contributed by atoms with E-state index in [0.29, 0.717) is 11.1 Å². The lowest BCUT2D eigenvalue weighted by molar-refractivity contribution is 0.193. The lowest BCUT2D eigenvalue weighted by Crippen LogP contribution is -2.04. The molecular formula is C10H9BrClN3O. The summed E-state index contributed by atoms with van der Waals surface area (Å²) in [5.74, 6) is 0.351. The summed E-state index contributed by atoms with van der Waals surface area (Å²) in [6, 6.07) is 1.87.